The molecular formula is C35H58O7. The Bertz CT molecular complexity index is 1080. The summed E-state index contributed by atoms with van der Waals surface area (Å²) in [4.78, 5) is 0. The van der Waals surface area contributed by atoms with E-state index >= 15 is 0 Å². The zero-order valence-corrected chi connectivity index (χ0v) is 26.9. The second kappa shape index (κ2) is 10.2. The van der Waals surface area contributed by atoms with Gasteiger partial charge in [0.25, 0.3) is 0 Å². The van der Waals surface area contributed by atoms with Gasteiger partial charge >= 0.3 is 0 Å². The van der Waals surface area contributed by atoms with Gasteiger partial charge in [-0.1, -0.05) is 53.2 Å². The SMILES string of the molecule is CC1(C)CC[C@]2(CO)CC[C@]3(C)C(=CC[C@@H]4[C@@]5(C)CC[C@@H]6O[C@H]([C@H](O)[C@@H](O)[C@H](O)CO)OC[C@@]6(C)[C@@H]5CC[C@]43C)[C@@H]2C1. The highest BCUT2D eigenvalue weighted by molar-refractivity contribution is 5.34. The Hall–Kier alpha value is -0.540. The predicted octanol–water partition coefficient (Wildman–Crippen LogP) is 4.58. The van der Waals surface area contributed by atoms with Gasteiger partial charge in [-0.3, -0.25) is 0 Å². The molecule has 6 rings (SSSR count). The highest BCUT2D eigenvalue weighted by atomic mass is 16.7. The standard InChI is InChI=1S/C35H58O7/c1-30(2)13-15-35(19-37)16-14-33(5)21(22(35)17-30)7-8-25-31(3)11-10-26-32(4,24(31)9-12-34(25,33)6)20-41-29(42-26)28(40)27(39)23(38)18-36/h7,22-29,36-40H,8-20H2,1-6H3/t22-,23+,24+,25+,26-,27-,28+,29+,31-,32-,33+,34+,35+/m0/s1. The van der Waals surface area contributed by atoms with Crippen LogP contribution in [-0.4, -0.2) is 76.1 Å². The fourth-order valence-electron chi connectivity index (χ4n) is 12.0. The van der Waals surface area contributed by atoms with Crippen LogP contribution in [0.2, 0.25) is 0 Å². The van der Waals surface area contributed by atoms with Crippen LogP contribution < -0.4 is 0 Å². The molecule has 5 aliphatic carbocycles. The highest BCUT2D eigenvalue weighted by Crippen LogP contribution is 2.76. The summed E-state index contributed by atoms with van der Waals surface area (Å²) in [6.45, 7) is 15.0. The smallest absolute Gasteiger partial charge is 0.186 e. The lowest BCUT2D eigenvalue weighted by atomic mass is 9.33. The molecule has 0 unspecified atom stereocenters. The van der Waals surface area contributed by atoms with Crippen LogP contribution in [0.5, 0.6) is 0 Å². The zero-order valence-electron chi connectivity index (χ0n) is 26.9. The zero-order chi connectivity index (χ0) is 30.5. The van der Waals surface area contributed by atoms with Gasteiger partial charge in [0, 0.05) is 17.4 Å². The molecule has 0 bridgehead atoms. The van der Waals surface area contributed by atoms with Crippen molar-refractivity contribution in [1.82, 2.24) is 0 Å². The summed E-state index contributed by atoms with van der Waals surface area (Å²) in [7, 11) is 0. The molecule has 5 fully saturated rings. The largest absolute Gasteiger partial charge is 0.396 e. The molecule has 240 valence electrons. The lowest BCUT2D eigenvalue weighted by Crippen LogP contribution is -2.67. The Balaban J connectivity index is 1.28. The molecule has 7 heteroatoms. The van der Waals surface area contributed by atoms with Crippen molar-refractivity contribution in [3.8, 4) is 0 Å². The third kappa shape index (κ3) is 4.23. The minimum Gasteiger partial charge on any atom is -0.396 e. The number of allylic oxidation sites excluding steroid dienone is 2. The van der Waals surface area contributed by atoms with E-state index in [2.05, 4.69) is 47.6 Å². The van der Waals surface area contributed by atoms with E-state index < -0.39 is 31.2 Å². The van der Waals surface area contributed by atoms with E-state index in [1.165, 1.54) is 19.3 Å². The summed E-state index contributed by atoms with van der Waals surface area (Å²) in [5.41, 5.74) is 2.28. The van der Waals surface area contributed by atoms with E-state index in [0.29, 0.717) is 36.4 Å². The van der Waals surface area contributed by atoms with Gasteiger partial charge in [0.15, 0.2) is 6.29 Å². The van der Waals surface area contributed by atoms with Crippen LogP contribution >= 0.6 is 0 Å². The molecule has 42 heavy (non-hydrogen) atoms. The molecule has 5 N–H and O–H groups in total. The molecule has 1 aliphatic heterocycles. The molecule has 13 atom stereocenters. The van der Waals surface area contributed by atoms with Crippen molar-refractivity contribution in [2.24, 2.45) is 50.2 Å². The molecule has 1 saturated heterocycles. The highest BCUT2D eigenvalue weighted by Gasteiger charge is 2.69. The van der Waals surface area contributed by atoms with Crippen LogP contribution in [0.4, 0.5) is 0 Å². The molecule has 0 aromatic carbocycles. The predicted molar refractivity (Wildman–Crippen MR) is 160 cm³/mol. The first-order chi connectivity index (χ1) is 19.6. The fourth-order valence-corrected chi connectivity index (χ4v) is 12.0. The van der Waals surface area contributed by atoms with Crippen LogP contribution in [-0.2, 0) is 9.47 Å². The Morgan fingerprint density at radius 3 is 2.26 bits per heavy atom. The molecule has 4 saturated carbocycles. The Morgan fingerprint density at radius 2 is 1.57 bits per heavy atom. The van der Waals surface area contributed by atoms with Crippen molar-refractivity contribution < 1.29 is 35.0 Å². The maximum Gasteiger partial charge on any atom is 0.186 e. The van der Waals surface area contributed by atoms with Gasteiger partial charge in [0.05, 0.1) is 19.3 Å². The third-order valence-corrected chi connectivity index (χ3v) is 14.9. The summed E-state index contributed by atoms with van der Waals surface area (Å²) < 4.78 is 12.5. The maximum absolute atomic E-state index is 10.8. The molecule has 6 aliphatic rings. The summed E-state index contributed by atoms with van der Waals surface area (Å²) >= 11 is 0. The average molecular weight is 591 g/mol. The summed E-state index contributed by atoms with van der Waals surface area (Å²) in [6.07, 6.45) is 8.26. The van der Waals surface area contributed by atoms with Crippen molar-refractivity contribution in [3.63, 3.8) is 0 Å². The number of aliphatic hydroxyl groups excluding tert-OH is 5. The molecule has 0 aromatic heterocycles. The molecule has 0 amide bonds. The molecule has 7 nitrogen and oxygen atoms in total. The quantitative estimate of drug-likeness (QED) is 0.298. The number of hydrogen-bond acceptors (Lipinski definition) is 7. The lowest BCUT2D eigenvalue weighted by Gasteiger charge is -2.72. The first-order valence-electron chi connectivity index (χ1n) is 16.8. The topological polar surface area (TPSA) is 120 Å². The number of ether oxygens (including phenoxy) is 2. The minimum atomic E-state index is -1.53. The monoisotopic (exact) mass is 590 g/mol. The Labute approximate surface area is 253 Å². The van der Waals surface area contributed by atoms with E-state index in [4.69, 9.17) is 9.47 Å². The van der Waals surface area contributed by atoms with E-state index in [9.17, 15) is 25.5 Å². The fraction of sp³-hybridized carbons (Fsp3) is 0.943. The van der Waals surface area contributed by atoms with Crippen molar-refractivity contribution in [2.75, 3.05) is 19.8 Å². The van der Waals surface area contributed by atoms with Crippen LogP contribution in [0.1, 0.15) is 106 Å². The van der Waals surface area contributed by atoms with E-state index in [0.717, 1.165) is 44.9 Å². The van der Waals surface area contributed by atoms with Crippen molar-refractivity contribution in [2.45, 2.75) is 136 Å². The number of hydrogen-bond donors (Lipinski definition) is 5. The minimum absolute atomic E-state index is 0.0510. The van der Waals surface area contributed by atoms with Crippen LogP contribution in [0, 0.1) is 50.2 Å². The van der Waals surface area contributed by atoms with Crippen molar-refractivity contribution in [3.05, 3.63) is 11.6 Å². The van der Waals surface area contributed by atoms with Gasteiger partial charge < -0.3 is 35.0 Å². The van der Waals surface area contributed by atoms with Gasteiger partial charge in [0.1, 0.15) is 18.3 Å². The molecule has 1 heterocycles. The van der Waals surface area contributed by atoms with Gasteiger partial charge in [-0.25, -0.2) is 0 Å². The lowest BCUT2D eigenvalue weighted by molar-refractivity contribution is -0.340. The molecule has 0 radical (unpaired) electrons. The summed E-state index contributed by atoms with van der Waals surface area (Å²) in [6, 6.07) is 0. The number of fused-ring (bicyclic) bond motifs is 9. The normalized spacial score (nSPS) is 51.9. The van der Waals surface area contributed by atoms with Gasteiger partial charge in [-0.15, -0.1) is 0 Å². The van der Waals surface area contributed by atoms with Gasteiger partial charge in [-0.2, -0.15) is 0 Å². The first kappa shape index (κ1) is 31.4. The van der Waals surface area contributed by atoms with Crippen molar-refractivity contribution >= 4 is 0 Å². The summed E-state index contributed by atoms with van der Waals surface area (Å²) in [5.74, 6) is 1.45. The van der Waals surface area contributed by atoms with Gasteiger partial charge in [0.2, 0.25) is 0 Å². The van der Waals surface area contributed by atoms with Gasteiger partial charge in [-0.05, 0) is 104 Å². The third-order valence-electron chi connectivity index (χ3n) is 14.9. The van der Waals surface area contributed by atoms with Crippen LogP contribution in [0.25, 0.3) is 0 Å². The maximum atomic E-state index is 10.8. The van der Waals surface area contributed by atoms with Crippen LogP contribution in [0.15, 0.2) is 11.6 Å². The Kier molecular flexibility index (Phi) is 7.66. The number of rotatable bonds is 5. The Morgan fingerprint density at radius 1 is 0.857 bits per heavy atom. The second-order valence-electron chi connectivity index (χ2n) is 17.3. The summed E-state index contributed by atoms with van der Waals surface area (Å²) in [5, 5.41) is 50.9. The van der Waals surface area contributed by atoms with Crippen molar-refractivity contribution in [1.29, 1.82) is 0 Å². The first-order valence-corrected chi connectivity index (χ1v) is 16.8. The average Bonchev–Trinajstić information content (AvgIpc) is 2.95. The molecule has 0 aromatic rings. The van der Waals surface area contributed by atoms with E-state index in [1.54, 1.807) is 5.57 Å². The number of aliphatic hydroxyl groups is 5. The van der Waals surface area contributed by atoms with E-state index in [1.807, 2.05) is 0 Å². The molecular weight excluding hydrogens is 532 g/mol. The molecule has 0 spiro atoms. The van der Waals surface area contributed by atoms with E-state index in [-0.39, 0.29) is 33.2 Å². The second-order valence-corrected chi connectivity index (χ2v) is 17.3. The van der Waals surface area contributed by atoms with Crippen LogP contribution in [0.3, 0.4) is 0 Å².